The van der Waals surface area contributed by atoms with E-state index in [1.165, 1.54) is 10.8 Å². The van der Waals surface area contributed by atoms with Crippen molar-refractivity contribution in [1.29, 1.82) is 0 Å². The topological polar surface area (TPSA) is 133 Å². The molecule has 1 aromatic heterocycles. The summed E-state index contributed by atoms with van der Waals surface area (Å²) in [6.07, 6.45) is -0.107. The lowest BCUT2D eigenvalue weighted by Gasteiger charge is -2.24. The van der Waals surface area contributed by atoms with Gasteiger partial charge in [-0.3, -0.25) is 14.3 Å². The van der Waals surface area contributed by atoms with Gasteiger partial charge >= 0.3 is 5.69 Å². The van der Waals surface area contributed by atoms with Gasteiger partial charge < -0.3 is 9.84 Å². The minimum Gasteiger partial charge on any atom is -0.394 e. The maximum absolute atomic E-state index is 11.7. The van der Waals surface area contributed by atoms with E-state index in [2.05, 4.69) is 15.0 Å². The van der Waals surface area contributed by atoms with Gasteiger partial charge in [0.1, 0.15) is 6.23 Å². The molecule has 0 aliphatic heterocycles. The van der Waals surface area contributed by atoms with Crippen molar-refractivity contribution in [3.05, 3.63) is 43.0 Å². The van der Waals surface area contributed by atoms with E-state index in [-0.39, 0.29) is 6.61 Å². The van der Waals surface area contributed by atoms with Crippen molar-refractivity contribution >= 4 is 0 Å². The number of azide groups is 1. The lowest BCUT2D eigenvalue weighted by molar-refractivity contribution is -0.0752. The molecule has 9 nitrogen and oxygen atoms in total. The third-order valence-corrected chi connectivity index (χ3v) is 2.86. The van der Waals surface area contributed by atoms with Crippen LogP contribution < -0.4 is 11.2 Å². The second kappa shape index (κ2) is 6.90. The molecule has 0 saturated heterocycles. The van der Waals surface area contributed by atoms with Gasteiger partial charge in [-0.25, -0.2) is 4.79 Å². The number of aromatic nitrogens is 2. The first-order valence-corrected chi connectivity index (χ1v) is 6.03. The summed E-state index contributed by atoms with van der Waals surface area (Å²) in [5.41, 5.74) is 7.67. The molecule has 20 heavy (non-hydrogen) atoms. The molecule has 1 rings (SSSR count). The number of rotatable bonds is 6. The molecule has 0 amide bonds. The maximum atomic E-state index is 11.7. The molecule has 0 aromatic carbocycles. The third-order valence-electron chi connectivity index (χ3n) is 2.86. The van der Waals surface area contributed by atoms with Crippen molar-refractivity contribution in [3.63, 3.8) is 0 Å². The summed E-state index contributed by atoms with van der Waals surface area (Å²) < 4.78 is 6.70. The van der Waals surface area contributed by atoms with Gasteiger partial charge in [-0.2, -0.15) is 0 Å². The normalized spacial score (nSPS) is 15.2. The Bertz CT molecular complexity index is 616. The van der Waals surface area contributed by atoms with Crippen LogP contribution in [-0.4, -0.2) is 33.4 Å². The van der Waals surface area contributed by atoms with Gasteiger partial charge in [0.05, 0.1) is 18.8 Å². The first kappa shape index (κ1) is 16.0. The summed E-state index contributed by atoms with van der Waals surface area (Å²) in [7, 11) is 0. The molecule has 9 heteroatoms. The molecule has 0 bridgehead atoms. The molecule has 1 aromatic rings. The van der Waals surface area contributed by atoms with Gasteiger partial charge in [0.2, 0.25) is 0 Å². The molecule has 1 heterocycles. The van der Waals surface area contributed by atoms with Crippen molar-refractivity contribution in [1.82, 2.24) is 9.55 Å². The lowest BCUT2D eigenvalue weighted by atomic mass is 10.2. The fourth-order valence-electron chi connectivity index (χ4n) is 1.64. The molecule has 3 atom stereocenters. The van der Waals surface area contributed by atoms with E-state index in [0.29, 0.717) is 5.56 Å². The summed E-state index contributed by atoms with van der Waals surface area (Å²) >= 11 is 0. The number of ether oxygens (including phenoxy) is 1. The van der Waals surface area contributed by atoms with E-state index in [1.807, 2.05) is 0 Å². The van der Waals surface area contributed by atoms with E-state index < -0.39 is 29.6 Å². The van der Waals surface area contributed by atoms with Crippen molar-refractivity contribution < 1.29 is 9.84 Å². The highest BCUT2D eigenvalue weighted by Gasteiger charge is 2.20. The maximum Gasteiger partial charge on any atom is 0.330 e. The standard InChI is InChI=1S/C11H17N5O4/c1-6-4-16(11(19)13-10(6)18)8(3)20-9(5-17)7(2)14-15-12/h4,7-9,17H,5H2,1-3H3,(H,13,18,19)/t7-,8?,9-/m1/s1. The Balaban J connectivity index is 2.98. The van der Waals surface area contributed by atoms with Crippen LogP contribution >= 0.6 is 0 Å². The molecular formula is C11H17N5O4. The minimum absolute atomic E-state index is 0.360. The zero-order valence-electron chi connectivity index (χ0n) is 11.5. The number of aryl methyl sites for hydroxylation is 1. The molecule has 2 N–H and O–H groups in total. The average molecular weight is 283 g/mol. The summed E-state index contributed by atoms with van der Waals surface area (Å²) in [6.45, 7) is 4.38. The number of aliphatic hydroxyl groups is 1. The molecule has 0 radical (unpaired) electrons. The Morgan fingerprint density at radius 1 is 1.55 bits per heavy atom. The fourth-order valence-corrected chi connectivity index (χ4v) is 1.64. The number of hydrogen-bond donors (Lipinski definition) is 2. The predicted octanol–water partition coefficient (Wildman–Crippen LogP) is 0.440. The van der Waals surface area contributed by atoms with Gasteiger partial charge in [0.15, 0.2) is 0 Å². The Labute approximate surface area is 114 Å². The predicted molar refractivity (Wildman–Crippen MR) is 71.3 cm³/mol. The van der Waals surface area contributed by atoms with Crippen molar-refractivity contribution in [2.24, 2.45) is 5.11 Å². The van der Waals surface area contributed by atoms with Gasteiger partial charge in [-0.1, -0.05) is 12.0 Å². The molecule has 110 valence electrons. The highest BCUT2D eigenvalue weighted by Crippen LogP contribution is 2.12. The van der Waals surface area contributed by atoms with Gasteiger partial charge in [0.25, 0.3) is 5.56 Å². The van der Waals surface area contributed by atoms with Crippen LogP contribution in [-0.2, 0) is 4.74 Å². The van der Waals surface area contributed by atoms with E-state index in [9.17, 15) is 14.7 Å². The Kier molecular flexibility index (Phi) is 5.51. The molecule has 0 aliphatic rings. The average Bonchev–Trinajstić information content (AvgIpc) is 2.40. The number of hydrogen-bond acceptors (Lipinski definition) is 5. The van der Waals surface area contributed by atoms with Crippen LogP contribution in [0.3, 0.4) is 0 Å². The highest BCUT2D eigenvalue weighted by atomic mass is 16.5. The monoisotopic (exact) mass is 283 g/mol. The third kappa shape index (κ3) is 3.70. The summed E-state index contributed by atoms with van der Waals surface area (Å²) in [6, 6.07) is -0.591. The Hall–Kier alpha value is -2.09. The van der Waals surface area contributed by atoms with Crippen LogP contribution in [0.5, 0.6) is 0 Å². The minimum atomic E-state index is -0.750. The van der Waals surface area contributed by atoms with E-state index in [1.54, 1.807) is 20.8 Å². The first-order valence-electron chi connectivity index (χ1n) is 6.03. The fraction of sp³-hybridized carbons (Fsp3) is 0.636. The van der Waals surface area contributed by atoms with Crippen molar-refractivity contribution in [3.8, 4) is 0 Å². The number of nitrogens with zero attached hydrogens (tertiary/aromatic N) is 4. The summed E-state index contributed by atoms with van der Waals surface area (Å²) in [4.78, 5) is 27.8. The molecule has 0 spiro atoms. The van der Waals surface area contributed by atoms with E-state index in [4.69, 9.17) is 10.3 Å². The van der Waals surface area contributed by atoms with Crippen LogP contribution in [0.4, 0.5) is 0 Å². The van der Waals surface area contributed by atoms with Crippen LogP contribution in [0.25, 0.3) is 10.4 Å². The van der Waals surface area contributed by atoms with Crippen LogP contribution in [0.15, 0.2) is 20.9 Å². The van der Waals surface area contributed by atoms with Crippen molar-refractivity contribution in [2.45, 2.75) is 39.1 Å². The second-order valence-corrected chi connectivity index (χ2v) is 4.38. The summed E-state index contributed by atoms with van der Waals surface area (Å²) in [5, 5.41) is 12.7. The van der Waals surface area contributed by atoms with Gasteiger partial charge in [-0.15, -0.1) is 0 Å². The SMILES string of the molecule is Cc1cn(C(C)O[C@H](CO)[C@@H](C)N=[N+]=[N-])c(=O)[nH]c1=O. The van der Waals surface area contributed by atoms with Gasteiger partial charge in [0, 0.05) is 16.7 Å². The highest BCUT2D eigenvalue weighted by molar-refractivity contribution is 5.01. The van der Waals surface area contributed by atoms with Crippen LogP contribution in [0.2, 0.25) is 0 Å². The van der Waals surface area contributed by atoms with Gasteiger partial charge in [-0.05, 0) is 19.4 Å². The molecule has 0 saturated carbocycles. The number of nitrogens with one attached hydrogen (secondary N) is 1. The molecule has 0 aliphatic carbocycles. The zero-order valence-corrected chi connectivity index (χ0v) is 11.5. The molecular weight excluding hydrogens is 266 g/mol. The number of aliphatic hydroxyl groups excluding tert-OH is 1. The number of H-pyrrole nitrogens is 1. The van der Waals surface area contributed by atoms with Crippen LogP contribution in [0, 0.1) is 6.92 Å². The quantitative estimate of drug-likeness (QED) is 0.445. The van der Waals surface area contributed by atoms with Crippen LogP contribution in [0.1, 0.15) is 25.6 Å². The molecule has 0 fully saturated rings. The first-order chi connectivity index (χ1) is 9.40. The number of aromatic amines is 1. The second-order valence-electron chi connectivity index (χ2n) is 4.38. The molecule has 1 unspecified atom stereocenters. The zero-order chi connectivity index (χ0) is 15.3. The lowest BCUT2D eigenvalue weighted by Crippen LogP contribution is -2.37. The van der Waals surface area contributed by atoms with E-state index in [0.717, 1.165) is 0 Å². The largest absolute Gasteiger partial charge is 0.394 e. The smallest absolute Gasteiger partial charge is 0.330 e. The van der Waals surface area contributed by atoms with E-state index >= 15 is 0 Å². The summed E-state index contributed by atoms with van der Waals surface area (Å²) in [5.74, 6) is 0. The van der Waals surface area contributed by atoms with Crippen molar-refractivity contribution in [2.75, 3.05) is 6.61 Å². The Morgan fingerprint density at radius 2 is 2.20 bits per heavy atom. The Morgan fingerprint density at radius 3 is 2.75 bits per heavy atom.